The molecule has 1 N–H and O–H groups in total. The van der Waals surface area contributed by atoms with Crippen molar-refractivity contribution in [2.75, 3.05) is 32.7 Å². The molecule has 1 aromatic heterocycles. The Hall–Kier alpha value is -1.61. The Morgan fingerprint density at radius 3 is 2.53 bits per heavy atom. The number of likely N-dealkylation sites (tertiary alicyclic amines) is 2. The van der Waals surface area contributed by atoms with E-state index in [9.17, 15) is 0 Å². The van der Waals surface area contributed by atoms with Gasteiger partial charge in [0.05, 0.1) is 12.7 Å². The summed E-state index contributed by atoms with van der Waals surface area (Å²) in [4.78, 5) is 10.1. The van der Waals surface area contributed by atoms with Crippen molar-refractivity contribution >= 4 is 29.9 Å². The third-order valence-electron chi connectivity index (χ3n) is 6.63. The molecule has 2 fully saturated rings. The van der Waals surface area contributed by atoms with Crippen molar-refractivity contribution in [3.63, 3.8) is 0 Å². The molecule has 0 radical (unpaired) electrons. The van der Waals surface area contributed by atoms with Crippen molar-refractivity contribution in [3.8, 4) is 0 Å². The van der Waals surface area contributed by atoms with Crippen LogP contribution in [-0.2, 0) is 20.1 Å². The molecule has 0 aliphatic carbocycles. The number of nitrogens with zero attached hydrogens (tertiary/aromatic N) is 5. The summed E-state index contributed by atoms with van der Waals surface area (Å²) in [6.45, 7) is 9.33. The van der Waals surface area contributed by atoms with E-state index in [0.717, 1.165) is 45.1 Å². The zero-order valence-corrected chi connectivity index (χ0v) is 22.0. The topological polar surface area (TPSA) is 48.7 Å². The van der Waals surface area contributed by atoms with E-state index < -0.39 is 0 Å². The highest BCUT2D eigenvalue weighted by Crippen LogP contribution is 2.27. The number of benzene rings is 1. The first-order chi connectivity index (χ1) is 15.2. The molecule has 2 aliphatic rings. The van der Waals surface area contributed by atoms with Crippen LogP contribution in [-0.4, -0.2) is 58.3 Å². The minimum absolute atomic E-state index is 0. The average Bonchev–Trinajstić information content (AvgIpc) is 3.36. The average molecular weight is 551 g/mol. The zero-order chi connectivity index (χ0) is 21.5. The second kappa shape index (κ2) is 12.6. The molecule has 2 aromatic rings. The number of aliphatic imine (C=N–C) groups is 1. The van der Waals surface area contributed by atoms with Gasteiger partial charge in [-0.25, -0.2) is 4.99 Å². The molecule has 7 heteroatoms. The quantitative estimate of drug-likeness (QED) is 0.330. The predicted molar refractivity (Wildman–Crippen MR) is 143 cm³/mol. The van der Waals surface area contributed by atoms with Crippen LogP contribution < -0.4 is 5.32 Å². The van der Waals surface area contributed by atoms with Crippen LogP contribution in [0.3, 0.4) is 0 Å². The molecule has 1 aromatic carbocycles. The van der Waals surface area contributed by atoms with Crippen molar-refractivity contribution in [2.45, 2.75) is 58.0 Å². The number of nitrogens with one attached hydrogen (secondary N) is 1. The Bertz CT molecular complexity index is 856. The molecule has 0 bridgehead atoms. The highest BCUT2D eigenvalue weighted by atomic mass is 127. The molecule has 32 heavy (non-hydrogen) atoms. The highest BCUT2D eigenvalue weighted by Gasteiger charge is 2.27. The first kappa shape index (κ1) is 25.0. The Morgan fingerprint density at radius 2 is 1.84 bits per heavy atom. The fraction of sp³-hybridized carbons (Fsp3) is 0.600. The van der Waals surface area contributed by atoms with Crippen molar-refractivity contribution in [3.05, 3.63) is 53.3 Å². The summed E-state index contributed by atoms with van der Waals surface area (Å²) in [5, 5.41) is 7.88. The molecule has 1 unspecified atom stereocenters. The Kier molecular flexibility index (Phi) is 9.84. The summed E-state index contributed by atoms with van der Waals surface area (Å²) < 4.78 is 1.90. The molecule has 0 saturated carbocycles. The smallest absolute Gasteiger partial charge is 0.194 e. The maximum absolute atomic E-state index is 5.06. The summed E-state index contributed by atoms with van der Waals surface area (Å²) in [5.74, 6) is 1.58. The van der Waals surface area contributed by atoms with E-state index in [1.54, 1.807) is 0 Å². The van der Waals surface area contributed by atoms with Crippen molar-refractivity contribution in [1.29, 1.82) is 0 Å². The van der Waals surface area contributed by atoms with Gasteiger partial charge in [-0.1, -0.05) is 37.1 Å². The predicted octanol–water partition coefficient (Wildman–Crippen LogP) is 4.37. The molecule has 2 saturated heterocycles. The molecule has 1 atom stereocenters. The number of aryl methyl sites for hydroxylation is 1. The SMILES string of the molecule is CCNC(=NCc1ccccc1CN1CCCCCC1)N1CCC(c2cnn(C)c2)C1.I. The first-order valence-corrected chi connectivity index (χ1v) is 12.0. The Labute approximate surface area is 210 Å². The molecule has 2 aliphatic heterocycles. The van der Waals surface area contributed by atoms with Crippen molar-refractivity contribution in [1.82, 2.24) is 24.9 Å². The molecule has 4 rings (SSSR count). The van der Waals surface area contributed by atoms with Gasteiger partial charge in [-0.3, -0.25) is 9.58 Å². The maximum Gasteiger partial charge on any atom is 0.194 e. The van der Waals surface area contributed by atoms with Gasteiger partial charge in [-0.05, 0) is 56.0 Å². The van der Waals surface area contributed by atoms with Gasteiger partial charge in [-0.15, -0.1) is 24.0 Å². The summed E-state index contributed by atoms with van der Waals surface area (Å²) >= 11 is 0. The minimum atomic E-state index is 0. The minimum Gasteiger partial charge on any atom is -0.357 e. The van der Waals surface area contributed by atoms with Crippen LogP contribution in [0.25, 0.3) is 0 Å². The van der Waals surface area contributed by atoms with Gasteiger partial charge in [0.2, 0.25) is 0 Å². The summed E-state index contributed by atoms with van der Waals surface area (Å²) in [6, 6.07) is 8.86. The largest absolute Gasteiger partial charge is 0.357 e. The fourth-order valence-corrected chi connectivity index (χ4v) is 4.86. The van der Waals surface area contributed by atoms with Crippen LogP contribution in [0, 0.1) is 0 Å². The molecule has 0 amide bonds. The molecular weight excluding hydrogens is 511 g/mol. The van der Waals surface area contributed by atoms with E-state index in [2.05, 4.69) is 57.6 Å². The van der Waals surface area contributed by atoms with Crippen LogP contribution in [0.5, 0.6) is 0 Å². The number of halogens is 1. The molecule has 176 valence electrons. The first-order valence-electron chi connectivity index (χ1n) is 12.0. The lowest BCUT2D eigenvalue weighted by atomic mass is 10.0. The lowest BCUT2D eigenvalue weighted by molar-refractivity contribution is 0.276. The zero-order valence-electron chi connectivity index (χ0n) is 19.7. The summed E-state index contributed by atoms with van der Waals surface area (Å²) in [6.07, 6.45) is 10.7. The number of guanidine groups is 1. The second-order valence-corrected chi connectivity index (χ2v) is 9.01. The van der Waals surface area contributed by atoms with Gasteiger partial charge in [0.15, 0.2) is 5.96 Å². The van der Waals surface area contributed by atoms with Gasteiger partial charge in [0.25, 0.3) is 0 Å². The van der Waals surface area contributed by atoms with Crippen molar-refractivity contribution < 1.29 is 0 Å². The second-order valence-electron chi connectivity index (χ2n) is 9.01. The van der Waals surface area contributed by atoms with Crippen molar-refractivity contribution in [2.24, 2.45) is 12.0 Å². The maximum atomic E-state index is 5.06. The number of aromatic nitrogens is 2. The van der Waals surface area contributed by atoms with Gasteiger partial charge < -0.3 is 10.2 Å². The molecular formula is C25H39IN6. The lowest BCUT2D eigenvalue weighted by Crippen LogP contribution is -2.40. The summed E-state index contributed by atoms with van der Waals surface area (Å²) in [7, 11) is 1.99. The third-order valence-corrected chi connectivity index (χ3v) is 6.63. The van der Waals surface area contributed by atoms with E-state index >= 15 is 0 Å². The molecule has 3 heterocycles. The molecule has 0 spiro atoms. The third kappa shape index (κ3) is 6.70. The number of hydrogen-bond donors (Lipinski definition) is 1. The molecule has 6 nitrogen and oxygen atoms in total. The van der Waals surface area contributed by atoms with E-state index in [1.165, 1.54) is 55.5 Å². The Balaban J connectivity index is 0.00000289. The van der Waals surface area contributed by atoms with E-state index in [-0.39, 0.29) is 24.0 Å². The van der Waals surface area contributed by atoms with Gasteiger partial charge in [-0.2, -0.15) is 5.10 Å². The Morgan fingerprint density at radius 1 is 1.09 bits per heavy atom. The monoisotopic (exact) mass is 550 g/mol. The number of hydrogen-bond acceptors (Lipinski definition) is 3. The van der Waals surface area contributed by atoms with E-state index in [0.29, 0.717) is 5.92 Å². The van der Waals surface area contributed by atoms with Gasteiger partial charge in [0.1, 0.15) is 0 Å². The van der Waals surface area contributed by atoms with Crippen LogP contribution >= 0.6 is 24.0 Å². The fourth-order valence-electron chi connectivity index (χ4n) is 4.86. The van der Waals surface area contributed by atoms with Crippen LogP contribution in [0.4, 0.5) is 0 Å². The lowest BCUT2D eigenvalue weighted by Gasteiger charge is -2.23. The highest BCUT2D eigenvalue weighted by molar-refractivity contribution is 14.0. The van der Waals surface area contributed by atoms with E-state index in [1.807, 2.05) is 17.9 Å². The standard InChI is InChI=1S/C25H38N6.HI/c1-3-26-25(31-15-12-23(20-31)24-17-28-29(2)18-24)27-16-21-10-6-7-11-22(21)19-30-13-8-4-5-9-14-30;/h6-7,10-11,17-18,23H,3-5,8-9,12-16,19-20H2,1-2H3,(H,26,27);1H. The van der Waals surface area contributed by atoms with Crippen LogP contribution in [0.15, 0.2) is 41.7 Å². The van der Waals surface area contributed by atoms with Crippen LogP contribution in [0.1, 0.15) is 61.6 Å². The van der Waals surface area contributed by atoms with Crippen LogP contribution in [0.2, 0.25) is 0 Å². The normalized spacial score (nSPS) is 20.1. The van der Waals surface area contributed by atoms with Gasteiger partial charge >= 0.3 is 0 Å². The van der Waals surface area contributed by atoms with E-state index in [4.69, 9.17) is 4.99 Å². The number of rotatable bonds is 6. The van der Waals surface area contributed by atoms with Gasteiger partial charge in [0, 0.05) is 45.3 Å². The summed E-state index contributed by atoms with van der Waals surface area (Å²) in [5.41, 5.74) is 4.12.